The zero-order valence-corrected chi connectivity index (χ0v) is 18.3. The average molecular weight is 467 g/mol. The molecule has 4 aromatic rings. The fraction of sp³-hybridized carbons (Fsp3) is 0.167. The van der Waals surface area contributed by atoms with E-state index in [-0.39, 0.29) is 12.0 Å². The van der Waals surface area contributed by atoms with E-state index in [0.717, 1.165) is 23.5 Å². The zero-order chi connectivity index (χ0) is 24.3. The molecule has 0 spiro atoms. The molecular weight excluding hydrogens is 447 g/mol. The molecule has 0 fully saturated rings. The first-order valence-corrected chi connectivity index (χ1v) is 10.3. The number of carbonyl (C=O) groups is 1. The van der Waals surface area contributed by atoms with Crippen molar-refractivity contribution in [2.75, 3.05) is 5.32 Å². The van der Waals surface area contributed by atoms with Gasteiger partial charge in [-0.15, -0.1) is 0 Å². The maximum absolute atomic E-state index is 12.8. The minimum atomic E-state index is -4.46. The Kier molecular flexibility index (Phi) is 6.31. The predicted molar refractivity (Wildman–Crippen MR) is 119 cm³/mol. The number of benzene rings is 2. The van der Waals surface area contributed by atoms with E-state index in [2.05, 4.69) is 20.3 Å². The SMILES string of the molecule is Cc1ncn(-c2cc(Oc3ccc(NC(=O)Cc4cccc(C(F)(F)F)c4)cc3)ncn2)c1C. The molecule has 2 heterocycles. The summed E-state index contributed by atoms with van der Waals surface area (Å²) in [5.74, 6) is 0.997. The Hall–Kier alpha value is -4.21. The summed E-state index contributed by atoms with van der Waals surface area (Å²) >= 11 is 0. The van der Waals surface area contributed by atoms with E-state index in [1.165, 1.54) is 18.5 Å². The number of anilines is 1. The highest BCUT2D eigenvalue weighted by Gasteiger charge is 2.30. The lowest BCUT2D eigenvalue weighted by Gasteiger charge is -2.10. The van der Waals surface area contributed by atoms with E-state index in [0.29, 0.717) is 23.1 Å². The average Bonchev–Trinajstić information content (AvgIpc) is 3.13. The van der Waals surface area contributed by atoms with Gasteiger partial charge in [-0.2, -0.15) is 13.2 Å². The van der Waals surface area contributed by atoms with E-state index < -0.39 is 17.6 Å². The van der Waals surface area contributed by atoms with Crippen molar-refractivity contribution in [3.05, 3.63) is 89.8 Å². The largest absolute Gasteiger partial charge is 0.439 e. The molecule has 1 N–H and O–H groups in total. The van der Waals surface area contributed by atoms with Gasteiger partial charge >= 0.3 is 6.18 Å². The molecule has 10 heteroatoms. The Labute approximate surface area is 193 Å². The third-order valence-electron chi connectivity index (χ3n) is 5.11. The first kappa shape index (κ1) is 23.0. The summed E-state index contributed by atoms with van der Waals surface area (Å²) < 4.78 is 46.2. The lowest BCUT2D eigenvalue weighted by Crippen LogP contribution is -2.15. The van der Waals surface area contributed by atoms with Crippen molar-refractivity contribution in [1.82, 2.24) is 19.5 Å². The summed E-state index contributed by atoms with van der Waals surface area (Å²) in [4.78, 5) is 24.9. The van der Waals surface area contributed by atoms with Crippen molar-refractivity contribution < 1.29 is 22.7 Å². The van der Waals surface area contributed by atoms with Crippen LogP contribution in [0.1, 0.15) is 22.5 Å². The highest BCUT2D eigenvalue weighted by atomic mass is 19.4. The Balaban J connectivity index is 1.39. The fourth-order valence-electron chi connectivity index (χ4n) is 3.22. The van der Waals surface area contributed by atoms with Crippen molar-refractivity contribution in [3.63, 3.8) is 0 Å². The number of ether oxygens (including phenoxy) is 1. The van der Waals surface area contributed by atoms with Crippen molar-refractivity contribution in [3.8, 4) is 17.4 Å². The van der Waals surface area contributed by atoms with E-state index in [9.17, 15) is 18.0 Å². The van der Waals surface area contributed by atoms with Gasteiger partial charge in [0.1, 0.15) is 24.2 Å². The molecule has 4 rings (SSSR count). The molecule has 0 saturated heterocycles. The topological polar surface area (TPSA) is 81.9 Å². The smallest absolute Gasteiger partial charge is 0.416 e. The molecule has 0 bridgehead atoms. The molecule has 0 aliphatic rings. The van der Waals surface area contributed by atoms with Gasteiger partial charge in [0.2, 0.25) is 11.8 Å². The first-order valence-electron chi connectivity index (χ1n) is 10.3. The van der Waals surface area contributed by atoms with Crippen molar-refractivity contribution in [2.45, 2.75) is 26.4 Å². The number of imidazole rings is 1. The van der Waals surface area contributed by atoms with Gasteiger partial charge in [-0.05, 0) is 49.7 Å². The molecule has 0 unspecified atom stereocenters. The van der Waals surface area contributed by atoms with Crippen LogP contribution < -0.4 is 10.1 Å². The normalized spacial score (nSPS) is 11.3. The minimum absolute atomic E-state index is 0.182. The molecular formula is C24H20F3N5O2. The van der Waals surface area contributed by atoms with E-state index in [1.54, 1.807) is 36.7 Å². The second kappa shape index (κ2) is 9.34. The van der Waals surface area contributed by atoms with Gasteiger partial charge in [0.15, 0.2) is 0 Å². The molecule has 0 radical (unpaired) electrons. The number of aryl methyl sites for hydroxylation is 1. The van der Waals surface area contributed by atoms with E-state index in [4.69, 9.17) is 4.74 Å². The van der Waals surface area contributed by atoms with Gasteiger partial charge in [0.25, 0.3) is 0 Å². The third kappa shape index (κ3) is 5.40. The van der Waals surface area contributed by atoms with Gasteiger partial charge in [-0.25, -0.2) is 15.0 Å². The number of amides is 1. The van der Waals surface area contributed by atoms with Crippen molar-refractivity contribution in [2.24, 2.45) is 0 Å². The second-order valence-electron chi connectivity index (χ2n) is 7.55. The van der Waals surface area contributed by atoms with Gasteiger partial charge in [-0.1, -0.05) is 18.2 Å². The van der Waals surface area contributed by atoms with Crippen LogP contribution in [0.4, 0.5) is 18.9 Å². The molecule has 1 amide bonds. The van der Waals surface area contributed by atoms with Gasteiger partial charge in [0, 0.05) is 17.4 Å². The monoisotopic (exact) mass is 467 g/mol. The maximum atomic E-state index is 12.8. The van der Waals surface area contributed by atoms with Crippen LogP contribution in [0.2, 0.25) is 0 Å². The molecule has 0 atom stereocenters. The summed E-state index contributed by atoms with van der Waals surface area (Å²) in [7, 11) is 0. The maximum Gasteiger partial charge on any atom is 0.416 e. The van der Waals surface area contributed by atoms with Crippen LogP contribution >= 0.6 is 0 Å². The number of rotatable bonds is 6. The molecule has 0 saturated carbocycles. The molecule has 174 valence electrons. The minimum Gasteiger partial charge on any atom is -0.439 e. The summed E-state index contributed by atoms with van der Waals surface area (Å²) in [6, 6.07) is 12.9. The van der Waals surface area contributed by atoms with Gasteiger partial charge in [-0.3, -0.25) is 9.36 Å². The first-order chi connectivity index (χ1) is 16.2. The van der Waals surface area contributed by atoms with Crippen LogP contribution in [0.25, 0.3) is 5.82 Å². The highest BCUT2D eigenvalue weighted by molar-refractivity contribution is 5.92. The fourth-order valence-corrected chi connectivity index (χ4v) is 3.22. The summed E-state index contributed by atoms with van der Waals surface area (Å²) in [5, 5.41) is 2.67. The van der Waals surface area contributed by atoms with Crippen LogP contribution in [-0.4, -0.2) is 25.4 Å². The molecule has 34 heavy (non-hydrogen) atoms. The highest BCUT2D eigenvalue weighted by Crippen LogP contribution is 2.29. The molecule has 7 nitrogen and oxygen atoms in total. The lowest BCUT2D eigenvalue weighted by molar-refractivity contribution is -0.137. The number of hydrogen-bond acceptors (Lipinski definition) is 5. The number of alkyl halides is 3. The van der Waals surface area contributed by atoms with Crippen molar-refractivity contribution >= 4 is 11.6 Å². The molecule has 0 aliphatic heterocycles. The Morgan fingerprint density at radius 1 is 1.03 bits per heavy atom. The predicted octanol–water partition coefficient (Wildman–Crippen LogP) is 5.27. The molecule has 2 aromatic heterocycles. The number of nitrogens with one attached hydrogen (secondary N) is 1. The van der Waals surface area contributed by atoms with E-state index in [1.807, 2.05) is 18.4 Å². The van der Waals surface area contributed by atoms with Crippen LogP contribution in [0.3, 0.4) is 0 Å². The Bertz CT molecular complexity index is 1320. The van der Waals surface area contributed by atoms with Crippen LogP contribution in [-0.2, 0) is 17.4 Å². The van der Waals surface area contributed by atoms with E-state index >= 15 is 0 Å². The Morgan fingerprint density at radius 3 is 2.47 bits per heavy atom. The number of hydrogen-bond donors (Lipinski definition) is 1. The van der Waals surface area contributed by atoms with Crippen molar-refractivity contribution in [1.29, 1.82) is 0 Å². The second-order valence-corrected chi connectivity index (χ2v) is 7.55. The number of halogens is 3. The van der Waals surface area contributed by atoms with Crippen LogP contribution in [0.5, 0.6) is 11.6 Å². The molecule has 2 aromatic carbocycles. The number of nitrogens with zero attached hydrogens (tertiary/aromatic N) is 4. The van der Waals surface area contributed by atoms with Gasteiger partial charge in [0.05, 0.1) is 17.7 Å². The standard InChI is InChI=1S/C24H20F3N5O2/c1-15-16(2)32(14-30-15)21-12-23(29-13-28-21)34-20-8-6-19(7-9-20)31-22(33)11-17-4-3-5-18(10-17)24(25,26)27/h3-10,12-14H,11H2,1-2H3,(H,31,33). The quantitative estimate of drug-likeness (QED) is 0.418. The third-order valence-corrected chi connectivity index (χ3v) is 5.11. The molecule has 0 aliphatic carbocycles. The Morgan fingerprint density at radius 2 is 1.79 bits per heavy atom. The number of aromatic nitrogens is 4. The van der Waals surface area contributed by atoms with Crippen LogP contribution in [0.15, 0.2) is 67.3 Å². The lowest BCUT2D eigenvalue weighted by atomic mass is 10.1. The number of carbonyl (C=O) groups excluding carboxylic acids is 1. The van der Waals surface area contributed by atoms with Gasteiger partial charge < -0.3 is 10.1 Å². The van der Waals surface area contributed by atoms with Crippen LogP contribution in [0, 0.1) is 13.8 Å². The summed E-state index contributed by atoms with van der Waals surface area (Å²) in [5.41, 5.74) is 1.82. The summed E-state index contributed by atoms with van der Waals surface area (Å²) in [6.45, 7) is 3.84. The summed E-state index contributed by atoms with van der Waals surface area (Å²) in [6.07, 6.45) is -1.57. The zero-order valence-electron chi connectivity index (χ0n) is 18.3.